The second-order valence-corrected chi connectivity index (χ2v) is 8.18. The lowest BCUT2D eigenvalue weighted by Crippen LogP contribution is -2.15. The van der Waals surface area contributed by atoms with Crippen LogP contribution in [0.3, 0.4) is 0 Å². The number of halogens is 3. The first-order chi connectivity index (χ1) is 10.9. The van der Waals surface area contributed by atoms with E-state index in [2.05, 4.69) is 53.1 Å². The minimum atomic E-state index is -0.0796. The Morgan fingerprint density at radius 3 is 2.57 bits per heavy atom. The molecule has 0 bridgehead atoms. The van der Waals surface area contributed by atoms with Crippen molar-refractivity contribution in [3.8, 4) is 5.75 Å². The van der Waals surface area contributed by atoms with Gasteiger partial charge in [-0.15, -0.1) is 11.8 Å². The second kappa shape index (κ2) is 8.55. The third-order valence-electron chi connectivity index (χ3n) is 3.05. The van der Waals surface area contributed by atoms with Crippen LogP contribution >= 0.6 is 59.6 Å². The normalized spacial score (nSPS) is 10.5. The number of rotatable bonds is 5. The molecule has 7 heteroatoms. The molecule has 0 radical (unpaired) electrons. The van der Waals surface area contributed by atoms with Gasteiger partial charge >= 0.3 is 0 Å². The summed E-state index contributed by atoms with van der Waals surface area (Å²) in [5.74, 6) is 0.890. The van der Waals surface area contributed by atoms with Crippen LogP contribution in [0, 0.1) is 6.92 Å². The van der Waals surface area contributed by atoms with E-state index in [1.165, 1.54) is 11.8 Å². The van der Waals surface area contributed by atoms with Crippen molar-refractivity contribution in [3.63, 3.8) is 0 Å². The van der Waals surface area contributed by atoms with Gasteiger partial charge in [-0.3, -0.25) is 4.79 Å². The Morgan fingerprint density at radius 2 is 1.91 bits per heavy atom. The third-order valence-corrected chi connectivity index (χ3v) is 6.20. The molecule has 122 valence electrons. The van der Waals surface area contributed by atoms with E-state index in [1.807, 2.05) is 37.3 Å². The SMILES string of the molecule is COc1c(Br)cc(Br)c(NC(=O)CSc2ccccc2C)c1Br. The summed E-state index contributed by atoms with van der Waals surface area (Å²) < 4.78 is 7.58. The molecule has 0 aromatic heterocycles. The molecular formula is C16H14Br3NO2S. The molecule has 1 amide bonds. The predicted octanol–water partition coefficient (Wildman–Crippen LogP) is 6.02. The predicted molar refractivity (Wildman–Crippen MR) is 107 cm³/mol. The number of amides is 1. The Bertz CT molecular complexity index is 738. The molecule has 0 saturated heterocycles. The Balaban J connectivity index is 2.10. The molecule has 2 rings (SSSR count). The van der Waals surface area contributed by atoms with Crippen LogP contribution in [-0.4, -0.2) is 18.8 Å². The Morgan fingerprint density at radius 1 is 1.22 bits per heavy atom. The van der Waals surface area contributed by atoms with Gasteiger partial charge in [-0.2, -0.15) is 0 Å². The lowest BCUT2D eigenvalue weighted by Gasteiger charge is -2.14. The van der Waals surface area contributed by atoms with Crippen LogP contribution < -0.4 is 10.1 Å². The second-order valence-electron chi connectivity index (χ2n) is 4.66. The van der Waals surface area contributed by atoms with E-state index in [4.69, 9.17) is 4.74 Å². The quantitative estimate of drug-likeness (QED) is 0.487. The van der Waals surface area contributed by atoms with Gasteiger partial charge in [-0.05, 0) is 72.4 Å². The summed E-state index contributed by atoms with van der Waals surface area (Å²) in [7, 11) is 1.58. The van der Waals surface area contributed by atoms with Crippen LogP contribution in [0.1, 0.15) is 5.56 Å². The lowest BCUT2D eigenvalue weighted by molar-refractivity contribution is -0.113. The van der Waals surface area contributed by atoms with Gasteiger partial charge in [0.05, 0.1) is 27.5 Å². The maximum atomic E-state index is 12.3. The van der Waals surface area contributed by atoms with E-state index in [1.54, 1.807) is 7.11 Å². The number of nitrogens with one attached hydrogen (secondary N) is 1. The molecule has 3 nitrogen and oxygen atoms in total. The van der Waals surface area contributed by atoms with E-state index in [0.717, 1.165) is 19.4 Å². The third kappa shape index (κ3) is 4.75. The zero-order chi connectivity index (χ0) is 17.0. The number of anilines is 1. The van der Waals surface area contributed by atoms with E-state index < -0.39 is 0 Å². The maximum absolute atomic E-state index is 12.3. The zero-order valence-electron chi connectivity index (χ0n) is 12.5. The van der Waals surface area contributed by atoms with Crippen molar-refractivity contribution in [3.05, 3.63) is 49.3 Å². The number of ether oxygens (including phenoxy) is 1. The van der Waals surface area contributed by atoms with E-state index in [9.17, 15) is 4.79 Å². The number of hydrogen-bond acceptors (Lipinski definition) is 3. The largest absolute Gasteiger partial charge is 0.494 e. The van der Waals surface area contributed by atoms with Gasteiger partial charge in [-0.25, -0.2) is 0 Å². The van der Waals surface area contributed by atoms with Crippen LogP contribution in [0.4, 0.5) is 5.69 Å². The Hall–Kier alpha value is -0.500. The van der Waals surface area contributed by atoms with Crippen molar-refractivity contribution in [1.29, 1.82) is 0 Å². The molecule has 0 atom stereocenters. The fraction of sp³-hybridized carbons (Fsp3) is 0.188. The summed E-state index contributed by atoms with van der Waals surface area (Å²) in [6, 6.07) is 9.85. The number of carbonyl (C=O) groups is 1. The maximum Gasteiger partial charge on any atom is 0.234 e. The average Bonchev–Trinajstić information content (AvgIpc) is 2.51. The van der Waals surface area contributed by atoms with Crippen molar-refractivity contribution >= 4 is 71.1 Å². The summed E-state index contributed by atoms with van der Waals surface area (Å²) in [5, 5.41) is 2.92. The molecule has 2 aromatic carbocycles. The monoisotopic (exact) mass is 521 g/mol. The summed E-state index contributed by atoms with van der Waals surface area (Å²) in [4.78, 5) is 13.4. The van der Waals surface area contributed by atoms with Crippen LogP contribution in [0.15, 0.2) is 48.6 Å². The molecule has 0 heterocycles. The summed E-state index contributed by atoms with van der Waals surface area (Å²) in [6.07, 6.45) is 0. The van der Waals surface area contributed by atoms with Gasteiger partial charge < -0.3 is 10.1 Å². The van der Waals surface area contributed by atoms with Gasteiger partial charge in [0.25, 0.3) is 0 Å². The molecule has 0 spiro atoms. The Kier molecular flexibility index (Phi) is 7.00. The highest BCUT2D eigenvalue weighted by Crippen LogP contribution is 2.43. The van der Waals surface area contributed by atoms with Crippen molar-refractivity contribution in [2.24, 2.45) is 0 Å². The number of aryl methyl sites for hydroxylation is 1. The first kappa shape index (κ1) is 18.8. The molecule has 0 fully saturated rings. The van der Waals surface area contributed by atoms with Gasteiger partial charge in [0, 0.05) is 9.37 Å². The van der Waals surface area contributed by atoms with Crippen molar-refractivity contribution in [1.82, 2.24) is 0 Å². The van der Waals surface area contributed by atoms with E-state index >= 15 is 0 Å². The molecule has 2 aromatic rings. The molecule has 0 aliphatic heterocycles. The molecule has 0 aliphatic carbocycles. The highest BCUT2D eigenvalue weighted by atomic mass is 79.9. The van der Waals surface area contributed by atoms with Gasteiger partial charge in [-0.1, -0.05) is 18.2 Å². The van der Waals surface area contributed by atoms with Crippen molar-refractivity contribution in [2.45, 2.75) is 11.8 Å². The van der Waals surface area contributed by atoms with Gasteiger partial charge in [0.2, 0.25) is 5.91 Å². The minimum Gasteiger partial charge on any atom is -0.494 e. The highest BCUT2D eigenvalue weighted by molar-refractivity contribution is 9.11. The fourth-order valence-electron chi connectivity index (χ4n) is 1.91. The summed E-state index contributed by atoms with van der Waals surface area (Å²) in [6.45, 7) is 2.03. The van der Waals surface area contributed by atoms with Crippen molar-refractivity contribution in [2.75, 3.05) is 18.2 Å². The van der Waals surface area contributed by atoms with Crippen LogP contribution in [-0.2, 0) is 4.79 Å². The number of thioether (sulfide) groups is 1. The number of carbonyl (C=O) groups excluding carboxylic acids is 1. The van der Waals surface area contributed by atoms with E-state index in [-0.39, 0.29) is 5.91 Å². The first-order valence-corrected chi connectivity index (χ1v) is 10.00. The van der Waals surface area contributed by atoms with Crippen LogP contribution in [0.25, 0.3) is 0 Å². The van der Waals surface area contributed by atoms with Crippen LogP contribution in [0.2, 0.25) is 0 Å². The topological polar surface area (TPSA) is 38.3 Å². The lowest BCUT2D eigenvalue weighted by atomic mass is 10.2. The summed E-state index contributed by atoms with van der Waals surface area (Å²) >= 11 is 11.9. The molecule has 1 N–H and O–H groups in total. The van der Waals surface area contributed by atoms with E-state index in [0.29, 0.717) is 21.7 Å². The van der Waals surface area contributed by atoms with Crippen molar-refractivity contribution < 1.29 is 9.53 Å². The average molecular weight is 524 g/mol. The first-order valence-electron chi connectivity index (χ1n) is 6.63. The number of benzene rings is 2. The molecule has 0 saturated carbocycles. The molecule has 0 aliphatic rings. The standard InChI is InChI=1S/C16H14Br3NO2S/c1-9-5-3-4-6-12(9)23-8-13(21)20-15-10(17)7-11(18)16(22-2)14(15)19/h3-7H,8H2,1-2H3,(H,20,21). The Labute approximate surface area is 164 Å². The molecule has 0 unspecified atom stereocenters. The summed E-state index contributed by atoms with van der Waals surface area (Å²) in [5.41, 5.74) is 1.82. The minimum absolute atomic E-state index is 0.0796. The molecule has 23 heavy (non-hydrogen) atoms. The highest BCUT2D eigenvalue weighted by Gasteiger charge is 2.17. The zero-order valence-corrected chi connectivity index (χ0v) is 18.0. The number of methoxy groups -OCH3 is 1. The smallest absolute Gasteiger partial charge is 0.234 e. The van der Waals surface area contributed by atoms with Crippen LogP contribution in [0.5, 0.6) is 5.75 Å². The van der Waals surface area contributed by atoms with Gasteiger partial charge in [0.1, 0.15) is 5.75 Å². The number of hydrogen-bond donors (Lipinski definition) is 1. The van der Waals surface area contributed by atoms with Gasteiger partial charge in [0.15, 0.2) is 0 Å². The fourth-order valence-corrected chi connectivity index (χ4v) is 5.38. The molecular weight excluding hydrogens is 510 g/mol.